The minimum Gasteiger partial charge on any atom is -0.280 e. The molecule has 0 spiro atoms. The van der Waals surface area contributed by atoms with Crippen LogP contribution in [-0.4, -0.2) is 25.1 Å². The summed E-state index contributed by atoms with van der Waals surface area (Å²) in [6.45, 7) is -0.0634. The van der Waals surface area contributed by atoms with Crippen molar-refractivity contribution in [3.63, 3.8) is 0 Å². The predicted octanol–water partition coefficient (Wildman–Crippen LogP) is 3.94. The molecule has 8 heteroatoms. The maximum atomic E-state index is 12.6. The lowest BCUT2D eigenvalue weighted by atomic mass is 10.1. The number of benzene rings is 3. The fraction of sp³-hybridized carbons (Fsp3) is 0.0476. The Kier molecular flexibility index (Phi) is 4.86. The molecule has 0 bridgehead atoms. The summed E-state index contributed by atoms with van der Waals surface area (Å²) in [6, 6.07) is 19.1. The van der Waals surface area contributed by atoms with Crippen LogP contribution in [0.5, 0.6) is 0 Å². The van der Waals surface area contributed by atoms with E-state index >= 15 is 0 Å². The van der Waals surface area contributed by atoms with Crippen LogP contribution in [0, 0.1) is 0 Å². The number of hydrogen-bond donors (Lipinski definition) is 1. The van der Waals surface area contributed by atoms with Gasteiger partial charge in [0.1, 0.15) is 0 Å². The molecule has 1 aliphatic heterocycles. The number of rotatable bonds is 5. The van der Waals surface area contributed by atoms with Gasteiger partial charge < -0.3 is 0 Å². The number of imide groups is 1. The van der Waals surface area contributed by atoms with E-state index < -0.39 is 21.8 Å². The number of nitrogens with zero attached hydrogens (tertiary/aromatic N) is 1. The highest BCUT2D eigenvalue weighted by molar-refractivity contribution is 7.92. The summed E-state index contributed by atoms with van der Waals surface area (Å²) in [5.41, 5.74) is 1.42. The third-order valence-electron chi connectivity index (χ3n) is 4.56. The van der Waals surface area contributed by atoms with Crippen molar-refractivity contribution in [2.24, 2.45) is 0 Å². The first-order valence-electron chi connectivity index (χ1n) is 8.68. The van der Waals surface area contributed by atoms with Gasteiger partial charge in [0, 0.05) is 10.7 Å². The molecule has 0 radical (unpaired) electrons. The van der Waals surface area contributed by atoms with Crippen molar-refractivity contribution in [2.45, 2.75) is 11.4 Å². The van der Waals surface area contributed by atoms with E-state index in [0.29, 0.717) is 21.7 Å². The van der Waals surface area contributed by atoms with Crippen molar-refractivity contribution in [3.05, 3.63) is 94.5 Å². The second kappa shape index (κ2) is 7.35. The van der Waals surface area contributed by atoms with E-state index in [1.165, 1.54) is 30.3 Å². The molecule has 1 N–H and O–H groups in total. The second-order valence-electron chi connectivity index (χ2n) is 6.47. The summed E-state index contributed by atoms with van der Waals surface area (Å²) in [7, 11) is -3.78. The van der Waals surface area contributed by atoms with Crippen LogP contribution in [-0.2, 0) is 16.6 Å². The Morgan fingerprint density at radius 2 is 1.41 bits per heavy atom. The lowest BCUT2D eigenvalue weighted by Crippen LogP contribution is -2.29. The van der Waals surface area contributed by atoms with Crippen molar-refractivity contribution >= 4 is 39.1 Å². The Balaban J connectivity index is 1.60. The van der Waals surface area contributed by atoms with Gasteiger partial charge in [-0.15, -0.1) is 0 Å². The number of sulfonamides is 1. The van der Waals surface area contributed by atoms with Crippen LogP contribution >= 0.6 is 11.6 Å². The summed E-state index contributed by atoms with van der Waals surface area (Å²) in [6.07, 6.45) is 0. The van der Waals surface area contributed by atoms with Crippen LogP contribution in [0.1, 0.15) is 26.3 Å². The van der Waals surface area contributed by atoms with Crippen LogP contribution in [0.2, 0.25) is 5.02 Å². The third-order valence-corrected chi connectivity index (χ3v) is 6.32. The zero-order chi connectivity index (χ0) is 20.6. The van der Waals surface area contributed by atoms with Crippen molar-refractivity contribution in [1.82, 2.24) is 4.90 Å². The Hall–Kier alpha value is -3.16. The maximum absolute atomic E-state index is 12.6. The van der Waals surface area contributed by atoms with Crippen molar-refractivity contribution < 1.29 is 18.0 Å². The Bertz CT molecular complexity index is 1190. The summed E-state index contributed by atoms with van der Waals surface area (Å²) in [5, 5.41) is 0.323. The third kappa shape index (κ3) is 3.62. The maximum Gasteiger partial charge on any atom is 0.261 e. The summed E-state index contributed by atoms with van der Waals surface area (Å²) >= 11 is 6.24. The highest BCUT2D eigenvalue weighted by Crippen LogP contribution is 2.28. The van der Waals surface area contributed by atoms with E-state index in [-0.39, 0.29) is 17.1 Å². The number of carbonyl (C=O) groups excluding carboxylic acids is 2. The quantitative estimate of drug-likeness (QED) is 0.626. The van der Waals surface area contributed by atoms with Crippen LogP contribution < -0.4 is 4.72 Å². The molecule has 2 amide bonds. The monoisotopic (exact) mass is 426 g/mol. The molecule has 3 aromatic rings. The molecular formula is C21H15ClN2O4S. The van der Waals surface area contributed by atoms with Crippen LogP contribution in [0.15, 0.2) is 77.7 Å². The molecule has 0 unspecified atom stereocenters. The van der Waals surface area contributed by atoms with Crippen LogP contribution in [0.3, 0.4) is 0 Å². The summed E-state index contributed by atoms with van der Waals surface area (Å²) in [5.74, 6) is -0.811. The number of anilines is 1. The molecule has 3 aromatic carbocycles. The second-order valence-corrected chi connectivity index (χ2v) is 8.56. The number of carbonyl (C=O) groups is 2. The number of amides is 2. The average Bonchev–Trinajstić information content (AvgIpc) is 2.96. The molecule has 6 nitrogen and oxygen atoms in total. The van der Waals surface area contributed by atoms with Gasteiger partial charge in [-0.1, -0.05) is 41.9 Å². The van der Waals surface area contributed by atoms with Gasteiger partial charge in [-0.05, 0) is 48.0 Å². The van der Waals surface area contributed by atoms with Gasteiger partial charge in [0.2, 0.25) is 0 Å². The fourth-order valence-electron chi connectivity index (χ4n) is 3.13. The summed E-state index contributed by atoms with van der Waals surface area (Å²) in [4.78, 5) is 26.4. The average molecular weight is 427 g/mol. The van der Waals surface area contributed by atoms with Crippen molar-refractivity contribution in [3.8, 4) is 0 Å². The number of halogens is 1. The Labute approximate surface area is 172 Å². The molecule has 1 aliphatic rings. The molecule has 0 saturated heterocycles. The fourth-order valence-corrected chi connectivity index (χ4v) is 4.37. The Morgan fingerprint density at radius 3 is 2.03 bits per heavy atom. The molecule has 4 rings (SSSR count). The molecule has 0 atom stereocenters. The Morgan fingerprint density at radius 1 is 0.828 bits per heavy atom. The van der Waals surface area contributed by atoms with Gasteiger partial charge >= 0.3 is 0 Å². The normalized spacial score (nSPS) is 13.5. The molecular weight excluding hydrogens is 412 g/mol. The highest BCUT2D eigenvalue weighted by Gasteiger charge is 2.35. The zero-order valence-electron chi connectivity index (χ0n) is 15.0. The lowest BCUT2D eigenvalue weighted by molar-refractivity contribution is 0.0642. The zero-order valence-corrected chi connectivity index (χ0v) is 16.6. The van der Waals surface area contributed by atoms with E-state index in [1.54, 1.807) is 42.5 Å². The van der Waals surface area contributed by atoms with Crippen molar-refractivity contribution in [2.75, 3.05) is 4.72 Å². The first-order chi connectivity index (χ1) is 13.9. The number of fused-ring (bicyclic) bond motifs is 1. The van der Waals surface area contributed by atoms with Gasteiger partial charge in [-0.25, -0.2) is 8.42 Å². The molecule has 29 heavy (non-hydrogen) atoms. The predicted molar refractivity (Wildman–Crippen MR) is 109 cm³/mol. The number of hydrogen-bond acceptors (Lipinski definition) is 4. The number of nitrogens with one attached hydrogen (secondary N) is 1. The van der Waals surface area contributed by atoms with E-state index in [2.05, 4.69) is 4.72 Å². The van der Waals surface area contributed by atoms with Gasteiger partial charge in [0.25, 0.3) is 21.8 Å². The minimum absolute atomic E-state index is 0.0634. The van der Waals surface area contributed by atoms with Gasteiger partial charge in [-0.3, -0.25) is 19.2 Å². The molecule has 0 aliphatic carbocycles. The smallest absolute Gasteiger partial charge is 0.261 e. The minimum atomic E-state index is -3.78. The topological polar surface area (TPSA) is 83.6 Å². The van der Waals surface area contributed by atoms with Gasteiger partial charge in [0.05, 0.1) is 22.6 Å². The molecule has 1 heterocycles. The molecule has 0 fully saturated rings. The first kappa shape index (κ1) is 19.2. The van der Waals surface area contributed by atoms with Crippen LogP contribution in [0.25, 0.3) is 0 Å². The molecule has 146 valence electrons. The van der Waals surface area contributed by atoms with Gasteiger partial charge in [0.15, 0.2) is 0 Å². The van der Waals surface area contributed by atoms with Crippen LogP contribution in [0.4, 0.5) is 5.69 Å². The molecule has 0 aromatic heterocycles. The standard InChI is InChI=1S/C21H15ClN2O4S/c22-19-11-10-15(23-29(27,28)16-6-2-1-3-7-16)12-14(19)13-24-20(25)17-8-4-5-9-18(17)21(24)26/h1-12,23H,13H2. The lowest BCUT2D eigenvalue weighted by Gasteiger charge is -2.16. The van der Waals surface area contributed by atoms with E-state index in [0.717, 1.165) is 4.90 Å². The van der Waals surface area contributed by atoms with Crippen molar-refractivity contribution in [1.29, 1.82) is 0 Å². The van der Waals surface area contributed by atoms with E-state index in [1.807, 2.05) is 0 Å². The van der Waals surface area contributed by atoms with E-state index in [4.69, 9.17) is 11.6 Å². The largest absolute Gasteiger partial charge is 0.280 e. The first-order valence-corrected chi connectivity index (χ1v) is 10.5. The SMILES string of the molecule is O=C1c2ccccc2C(=O)N1Cc1cc(NS(=O)(=O)c2ccccc2)ccc1Cl. The highest BCUT2D eigenvalue weighted by atomic mass is 35.5. The molecule has 0 saturated carbocycles. The summed E-state index contributed by atoms with van der Waals surface area (Å²) < 4.78 is 27.6. The van der Waals surface area contributed by atoms with E-state index in [9.17, 15) is 18.0 Å². The van der Waals surface area contributed by atoms with Gasteiger partial charge in [-0.2, -0.15) is 0 Å².